The third kappa shape index (κ3) is 1.87. The minimum absolute atomic E-state index is 0.840. The molecule has 1 nitrogen and oxygen atoms in total. The van der Waals surface area contributed by atoms with Crippen LogP contribution in [-0.4, -0.2) is 4.37 Å². The van der Waals surface area contributed by atoms with Gasteiger partial charge in [0.05, 0.1) is 0 Å². The molecule has 0 aliphatic carbocycles. The van der Waals surface area contributed by atoms with Gasteiger partial charge < -0.3 is 0 Å². The van der Waals surface area contributed by atoms with Crippen LogP contribution in [0.2, 0.25) is 0 Å². The first-order valence-electron chi connectivity index (χ1n) is 2.71. The summed E-state index contributed by atoms with van der Waals surface area (Å²) in [6, 6.07) is 0. The summed E-state index contributed by atoms with van der Waals surface area (Å²) in [4.78, 5) is 0. The van der Waals surface area contributed by atoms with E-state index in [0.29, 0.717) is 0 Å². The average molecular weight is 137 g/mol. The maximum Gasteiger partial charge on any atom is 0.0448 e. The van der Waals surface area contributed by atoms with Gasteiger partial charge in [-0.2, -0.15) is 0 Å². The van der Waals surface area contributed by atoms with E-state index in [1.54, 1.807) is 0 Å². The largest absolute Gasteiger partial charge is 0.201 e. The molecule has 2 heteroatoms. The van der Waals surface area contributed by atoms with Crippen molar-refractivity contribution in [2.75, 3.05) is 0 Å². The first-order chi connectivity index (χ1) is 4.43. The molecule has 9 heavy (non-hydrogen) atoms. The minimum atomic E-state index is 0.840. The summed E-state index contributed by atoms with van der Waals surface area (Å²) in [7, 11) is 0. The van der Waals surface area contributed by atoms with Gasteiger partial charge in [0.25, 0.3) is 0 Å². The Labute approximate surface area is 58.9 Å². The SMILES string of the molecule is CC#CCc1cnsc1. The molecule has 0 unspecified atom stereocenters. The lowest BCUT2D eigenvalue weighted by Gasteiger charge is -1.78. The van der Waals surface area contributed by atoms with Crippen LogP contribution in [0.1, 0.15) is 12.5 Å². The lowest BCUT2D eigenvalue weighted by atomic mass is 10.3. The van der Waals surface area contributed by atoms with Gasteiger partial charge in [-0.15, -0.1) is 5.92 Å². The quantitative estimate of drug-likeness (QED) is 0.537. The Kier molecular flexibility index (Phi) is 2.29. The second-order valence-electron chi connectivity index (χ2n) is 1.64. The first-order valence-corrected chi connectivity index (χ1v) is 3.55. The number of rotatable bonds is 1. The van der Waals surface area contributed by atoms with Gasteiger partial charge >= 0.3 is 0 Å². The highest BCUT2D eigenvalue weighted by Crippen LogP contribution is 2.00. The number of hydrogen-bond donors (Lipinski definition) is 0. The van der Waals surface area contributed by atoms with E-state index >= 15 is 0 Å². The van der Waals surface area contributed by atoms with Crippen molar-refractivity contribution in [3.8, 4) is 11.8 Å². The van der Waals surface area contributed by atoms with E-state index < -0.39 is 0 Å². The third-order valence-electron chi connectivity index (χ3n) is 0.953. The van der Waals surface area contributed by atoms with Gasteiger partial charge in [-0.05, 0) is 24.0 Å². The predicted molar refractivity (Wildman–Crippen MR) is 39.3 cm³/mol. The van der Waals surface area contributed by atoms with Gasteiger partial charge in [0.15, 0.2) is 0 Å². The highest BCUT2D eigenvalue weighted by atomic mass is 32.1. The van der Waals surface area contributed by atoms with E-state index in [2.05, 4.69) is 16.2 Å². The minimum Gasteiger partial charge on any atom is -0.201 e. The van der Waals surface area contributed by atoms with Gasteiger partial charge in [-0.1, -0.05) is 5.92 Å². The number of nitrogens with zero attached hydrogens (tertiary/aromatic N) is 1. The van der Waals surface area contributed by atoms with Crippen LogP contribution in [0.15, 0.2) is 11.6 Å². The number of hydrogen-bond acceptors (Lipinski definition) is 2. The molecular formula is C7H7NS. The first kappa shape index (κ1) is 6.31. The molecule has 0 spiro atoms. The number of aromatic nitrogens is 1. The summed E-state index contributed by atoms with van der Waals surface area (Å²) in [6.45, 7) is 1.85. The molecule has 1 rings (SSSR count). The third-order valence-corrected chi connectivity index (χ3v) is 1.59. The maximum absolute atomic E-state index is 3.95. The van der Waals surface area contributed by atoms with Gasteiger partial charge in [0.1, 0.15) is 0 Å². The molecule has 46 valence electrons. The molecule has 1 aromatic rings. The zero-order valence-electron chi connectivity index (χ0n) is 5.22. The van der Waals surface area contributed by atoms with Crippen LogP contribution in [0.25, 0.3) is 0 Å². The van der Waals surface area contributed by atoms with Crippen molar-refractivity contribution in [1.82, 2.24) is 4.37 Å². The monoisotopic (exact) mass is 137 g/mol. The van der Waals surface area contributed by atoms with Crippen LogP contribution in [0.5, 0.6) is 0 Å². The molecule has 0 bridgehead atoms. The van der Waals surface area contributed by atoms with Crippen LogP contribution in [-0.2, 0) is 6.42 Å². The van der Waals surface area contributed by atoms with E-state index in [-0.39, 0.29) is 0 Å². The van der Waals surface area contributed by atoms with Gasteiger partial charge in [-0.3, -0.25) is 0 Å². The van der Waals surface area contributed by atoms with E-state index in [1.165, 1.54) is 17.1 Å². The molecule has 0 aliphatic heterocycles. The Morgan fingerprint density at radius 1 is 1.78 bits per heavy atom. The Hall–Kier alpha value is -0.810. The summed E-state index contributed by atoms with van der Waals surface area (Å²) in [5, 5.41) is 2.02. The Balaban J connectivity index is 2.54. The van der Waals surface area contributed by atoms with Crippen LogP contribution < -0.4 is 0 Å². The molecule has 0 aliphatic rings. The van der Waals surface area contributed by atoms with Gasteiger partial charge in [0, 0.05) is 18.0 Å². The van der Waals surface area contributed by atoms with E-state index in [9.17, 15) is 0 Å². The van der Waals surface area contributed by atoms with E-state index in [0.717, 1.165) is 6.42 Å². The zero-order chi connectivity index (χ0) is 6.53. The fraction of sp³-hybridized carbons (Fsp3) is 0.286. The van der Waals surface area contributed by atoms with Crippen molar-refractivity contribution in [3.63, 3.8) is 0 Å². The molecule has 0 amide bonds. The molecule has 1 aromatic heterocycles. The van der Waals surface area contributed by atoms with Crippen LogP contribution in [0.3, 0.4) is 0 Å². The normalized spacial score (nSPS) is 8.11. The molecule has 0 radical (unpaired) electrons. The summed E-state index contributed by atoms with van der Waals surface area (Å²) in [5.74, 6) is 5.80. The Morgan fingerprint density at radius 2 is 2.67 bits per heavy atom. The van der Waals surface area contributed by atoms with Crippen molar-refractivity contribution >= 4 is 11.5 Å². The topological polar surface area (TPSA) is 12.9 Å². The smallest absolute Gasteiger partial charge is 0.0448 e. The van der Waals surface area contributed by atoms with Crippen molar-refractivity contribution in [2.45, 2.75) is 13.3 Å². The highest BCUT2D eigenvalue weighted by Gasteiger charge is 1.86. The van der Waals surface area contributed by atoms with Crippen LogP contribution in [0.4, 0.5) is 0 Å². The fourth-order valence-electron chi connectivity index (χ4n) is 0.504. The summed E-state index contributed by atoms with van der Waals surface area (Å²) >= 11 is 1.47. The molecule has 0 N–H and O–H groups in total. The predicted octanol–water partition coefficient (Wildman–Crippen LogP) is 1.71. The van der Waals surface area contributed by atoms with Crippen molar-refractivity contribution in [3.05, 3.63) is 17.1 Å². The van der Waals surface area contributed by atoms with Gasteiger partial charge in [0.2, 0.25) is 0 Å². The second kappa shape index (κ2) is 3.26. The van der Waals surface area contributed by atoms with Gasteiger partial charge in [-0.25, -0.2) is 4.37 Å². The average Bonchev–Trinajstić information content (AvgIpc) is 2.34. The maximum atomic E-state index is 3.95. The standard InChI is InChI=1S/C7H7NS/c1-2-3-4-7-5-8-9-6-7/h5-6H,4H2,1H3. The molecule has 0 saturated carbocycles. The summed E-state index contributed by atoms with van der Waals surface area (Å²) in [5.41, 5.74) is 1.22. The molecule has 1 heterocycles. The molecule has 0 aromatic carbocycles. The second-order valence-corrected chi connectivity index (χ2v) is 2.29. The highest BCUT2D eigenvalue weighted by molar-refractivity contribution is 7.03. The van der Waals surface area contributed by atoms with E-state index in [4.69, 9.17) is 0 Å². The van der Waals surface area contributed by atoms with E-state index in [1.807, 2.05) is 18.5 Å². The molecule has 0 atom stereocenters. The van der Waals surface area contributed by atoms with Crippen molar-refractivity contribution < 1.29 is 0 Å². The molecule has 0 saturated heterocycles. The van der Waals surface area contributed by atoms with Crippen LogP contribution in [0, 0.1) is 11.8 Å². The molecular weight excluding hydrogens is 130 g/mol. The summed E-state index contributed by atoms with van der Waals surface area (Å²) in [6.07, 6.45) is 2.70. The fourth-order valence-corrected chi connectivity index (χ4v) is 1.04. The van der Waals surface area contributed by atoms with Crippen LogP contribution >= 0.6 is 11.5 Å². The Morgan fingerprint density at radius 3 is 3.22 bits per heavy atom. The molecule has 0 fully saturated rings. The lowest BCUT2D eigenvalue weighted by molar-refractivity contribution is 1.32. The van der Waals surface area contributed by atoms with Crippen molar-refractivity contribution in [2.24, 2.45) is 0 Å². The Bertz CT molecular complexity index is 215. The zero-order valence-corrected chi connectivity index (χ0v) is 6.03. The van der Waals surface area contributed by atoms with Crippen molar-refractivity contribution in [1.29, 1.82) is 0 Å². The summed E-state index contributed by atoms with van der Waals surface area (Å²) < 4.78 is 3.95. The lowest BCUT2D eigenvalue weighted by Crippen LogP contribution is -1.72.